The molecular weight excluding hydrogens is 446 g/mol. The largest absolute Gasteiger partial charge is 0.455 e. The van der Waals surface area contributed by atoms with E-state index in [1.165, 1.54) is 0 Å². The van der Waals surface area contributed by atoms with Gasteiger partial charge in [-0.3, -0.25) is 9.36 Å². The van der Waals surface area contributed by atoms with Crippen molar-refractivity contribution in [3.8, 4) is 11.5 Å². The lowest BCUT2D eigenvalue weighted by Crippen LogP contribution is -2.40. The van der Waals surface area contributed by atoms with Crippen LogP contribution in [-0.4, -0.2) is 60.9 Å². The van der Waals surface area contributed by atoms with Crippen molar-refractivity contribution >= 4 is 28.4 Å². The lowest BCUT2D eigenvalue weighted by atomic mass is 9.81. The Morgan fingerprint density at radius 3 is 2.74 bits per heavy atom. The molecule has 0 atom stereocenters. The number of benzene rings is 1. The number of aliphatic hydroxyl groups is 1. The number of aryl methyl sites for hydroxylation is 2. The van der Waals surface area contributed by atoms with Crippen LogP contribution in [0.15, 0.2) is 42.7 Å². The summed E-state index contributed by atoms with van der Waals surface area (Å²) in [5, 5.41) is 18.5. The first-order valence-electron chi connectivity index (χ1n) is 11.9. The smallest absolute Gasteiger partial charge is 0.326 e. The molecule has 35 heavy (non-hydrogen) atoms. The molecule has 180 valence electrons. The van der Waals surface area contributed by atoms with Crippen molar-refractivity contribution in [2.24, 2.45) is 0 Å². The minimum atomic E-state index is -0.715. The Bertz CT molecular complexity index is 1510. The molecule has 1 aromatic carbocycles. The predicted octanol–water partition coefficient (Wildman–Crippen LogP) is 3.63. The Morgan fingerprint density at radius 2 is 2.03 bits per heavy atom. The molecule has 2 aliphatic heterocycles. The van der Waals surface area contributed by atoms with Crippen LogP contribution < -0.4 is 10.1 Å². The average Bonchev–Trinajstić information content (AvgIpc) is 3.51. The summed E-state index contributed by atoms with van der Waals surface area (Å²) in [6.07, 6.45) is 4.68. The number of fused-ring (bicyclic) bond motifs is 3. The average molecular weight is 474 g/mol. The summed E-state index contributed by atoms with van der Waals surface area (Å²) in [4.78, 5) is 27.5. The first-order valence-corrected chi connectivity index (χ1v) is 11.9. The summed E-state index contributed by atoms with van der Waals surface area (Å²) in [6.45, 7) is 6.62. The van der Waals surface area contributed by atoms with Crippen molar-refractivity contribution in [3.63, 3.8) is 0 Å². The van der Waals surface area contributed by atoms with E-state index in [0.29, 0.717) is 43.0 Å². The van der Waals surface area contributed by atoms with E-state index in [-0.39, 0.29) is 18.0 Å². The van der Waals surface area contributed by atoms with E-state index in [4.69, 9.17) is 4.74 Å². The maximum absolute atomic E-state index is 13.3. The van der Waals surface area contributed by atoms with Gasteiger partial charge in [0.1, 0.15) is 11.3 Å². The van der Waals surface area contributed by atoms with E-state index < -0.39 is 5.60 Å². The number of ether oxygens (including phenoxy) is 1. The molecule has 0 spiro atoms. The fourth-order valence-corrected chi connectivity index (χ4v) is 5.55. The first kappa shape index (κ1) is 21.7. The number of rotatable bonds is 4. The van der Waals surface area contributed by atoms with Crippen molar-refractivity contribution in [3.05, 3.63) is 59.5 Å². The molecule has 0 unspecified atom stereocenters. The molecule has 2 bridgehead atoms. The van der Waals surface area contributed by atoms with Gasteiger partial charge in [0.05, 0.1) is 29.4 Å². The molecule has 0 radical (unpaired) electrons. The van der Waals surface area contributed by atoms with Gasteiger partial charge in [-0.2, -0.15) is 5.10 Å². The second-order valence-corrected chi connectivity index (χ2v) is 9.66. The Labute approximate surface area is 201 Å². The summed E-state index contributed by atoms with van der Waals surface area (Å²) in [5.41, 5.74) is 3.00. The summed E-state index contributed by atoms with van der Waals surface area (Å²) in [7, 11) is 0. The highest BCUT2D eigenvalue weighted by molar-refractivity contribution is 5.99. The zero-order valence-electron chi connectivity index (χ0n) is 19.9. The third kappa shape index (κ3) is 3.30. The Morgan fingerprint density at radius 1 is 1.23 bits per heavy atom. The summed E-state index contributed by atoms with van der Waals surface area (Å²) < 4.78 is 9.59. The first-order chi connectivity index (χ1) is 16.8. The molecule has 3 fully saturated rings. The molecule has 9 nitrogen and oxygen atoms in total. The minimum absolute atomic E-state index is 0.0824. The van der Waals surface area contributed by atoms with Crippen molar-refractivity contribution < 1.29 is 19.4 Å². The van der Waals surface area contributed by atoms with Crippen molar-refractivity contribution in [2.75, 3.05) is 13.1 Å². The molecule has 9 heteroatoms. The highest BCUT2D eigenvalue weighted by Gasteiger charge is 2.56. The van der Waals surface area contributed by atoms with E-state index >= 15 is 0 Å². The molecule has 7 rings (SSSR count). The number of nitrogens with one attached hydrogen (secondary N) is 1. The van der Waals surface area contributed by atoms with Crippen molar-refractivity contribution in [2.45, 2.75) is 45.3 Å². The van der Waals surface area contributed by atoms with Gasteiger partial charge in [0.25, 0.3) is 5.91 Å². The minimum Gasteiger partial charge on any atom is -0.455 e. The lowest BCUT2D eigenvalue weighted by molar-refractivity contribution is 0.00705. The van der Waals surface area contributed by atoms with E-state index in [2.05, 4.69) is 10.4 Å². The zero-order chi connectivity index (χ0) is 24.5. The Balaban J connectivity index is 1.33. The zero-order valence-corrected chi connectivity index (χ0v) is 19.9. The highest BCUT2D eigenvalue weighted by Crippen LogP contribution is 2.45. The van der Waals surface area contributed by atoms with Gasteiger partial charge in [-0.25, -0.2) is 9.31 Å². The van der Waals surface area contributed by atoms with Crippen LogP contribution in [0.3, 0.4) is 0 Å². The van der Waals surface area contributed by atoms with Gasteiger partial charge in [0, 0.05) is 35.9 Å². The maximum Gasteiger partial charge on any atom is 0.326 e. The molecular formula is C26H27N5O4. The molecule has 3 aliphatic rings. The number of hydrogen-bond donors (Lipinski definition) is 2. The summed E-state index contributed by atoms with van der Waals surface area (Å²) in [6, 6.07) is 9.28. The van der Waals surface area contributed by atoms with E-state index in [1.807, 2.05) is 45.0 Å². The fourth-order valence-electron chi connectivity index (χ4n) is 5.55. The highest BCUT2D eigenvalue weighted by atomic mass is 16.5. The van der Waals surface area contributed by atoms with Gasteiger partial charge < -0.3 is 20.1 Å². The van der Waals surface area contributed by atoms with Gasteiger partial charge in [-0.15, -0.1) is 0 Å². The van der Waals surface area contributed by atoms with E-state index in [0.717, 1.165) is 27.7 Å². The van der Waals surface area contributed by atoms with Crippen LogP contribution in [0.1, 0.15) is 41.4 Å². The van der Waals surface area contributed by atoms with E-state index in [9.17, 15) is 14.7 Å². The SMILES string of the molecule is CCNC(=O)n1c(C)cc2cc(Oc3ccnn4cc(C(=O)N5CC6(O)CC5C6)c(C)c34)ccc21. The fraction of sp³-hybridized carbons (Fsp3) is 0.346. The van der Waals surface area contributed by atoms with Crippen LogP contribution in [0.5, 0.6) is 11.5 Å². The van der Waals surface area contributed by atoms with Gasteiger partial charge in [0.2, 0.25) is 0 Å². The number of carbonyl (C=O) groups excluding carboxylic acids is 2. The monoisotopic (exact) mass is 473 g/mol. The predicted molar refractivity (Wildman–Crippen MR) is 130 cm³/mol. The van der Waals surface area contributed by atoms with Crippen LogP contribution in [0.2, 0.25) is 0 Å². The van der Waals surface area contributed by atoms with Crippen LogP contribution in [0.25, 0.3) is 16.4 Å². The van der Waals surface area contributed by atoms with Gasteiger partial charge in [0.15, 0.2) is 5.75 Å². The van der Waals surface area contributed by atoms with Crippen LogP contribution >= 0.6 is 0 Å². The molecule has 2 saturated heterocycles. The van der Waals surface area contributed by atoms with Gasteiger partial charge >= 0.3 is 6.03 Å². The standard InChI is InChI=1S/C26H27N5O4/c1-4-27-25(33)31-15(2)9-17-10-19(5-6-21(17)31)35-22-7-8-28-30-13-20(16(3)23(22)30)24(32)29-14-26(34)11-18(29)12-26/h5-10,13,18,34H,4,11-12,14H2,1-3H3,(H,27,33). The molecule has 4 aromatic rings. The van der Waals surface area contributed by atoms with E-state index in [1.54, 1.807) is 32.4 Å². The lowest BCUT2D eigenvalue weighted by Gasteiger charge is -2.31. The third-order valence-corrected chi connectivity index (χ3v) is 7.23. The van der Waals surface area contributed by atoms with Crippen LogP contribution in [0.4, 0.5) is 4.79 Å². The van der Waals surface area contributed by atoms with Crippen LogP contribution in [0, 0.1) is 13.8 Å². The van der Waals surface area contributed by atoms with Gasteiger partial charge in [-0.1, -0.05) is 0 Å². The topological polar surface area (TPSA) is 101 Å². The second-order valence-electron chi connectivity index (χ2n) is 9.66. The maximum atomic E-state index is 13.3. The second kappa shape index (κ2) is 7.58. The Kier molecular flexibility index (Phi) is 4.69. The van der Waals surface area contributed by atoms with Gasteiger partial charge in [-0.05, 0) is 63.4 Å². The third-order valence-electron chi connectivity index (χ3n) is 7.23. The number of amides is 2. The van der Waals surface area contributed by atoms with Crippen molar-refractivity contribution in [1.82, 2.24) is 24.4 Å². The molecule has 1 aliphatic carbocycles. The number of nitrogens with zero attached hydrogens (tertiary/aromatic N) is 4. The summed E-state index contributed by atoms with van der Waals surface area (Å²) in [5.74, 6) is 1.12. The van der Waals surface area contributed by atoms with Crippen molar-refractivity contribution in [1.29, 1.82) is 0 Å². The molecule has 2 amide bonds. The molecule has 1 saturated carbocycles. The Hall–Kier alpha value is -3.85. The normalized spacial score (nSPS) is 20.9. The molecule has 5 heterocycles. The number of aromatic nitrogens is 3. The molecule has 3 aromatic heterocycles. The molecule has 2 N–H and O–H groups in total. The quantitative estimate of drug-likeness (QED) is 0.471. The number of hydrogen-bond acceptors (Lipinski definition) is 5. The van der Waals surface area contributed by atoms with Crippen LogP contribution in [-0.2, 0) is 0 Å². The number of carbonyl (C=O) groups is 2. The summed E-state index contributed by atoms with van der Waals surface area (Å²) >= 11 is 0.